The third kappa shape index (κ3) is 3.94. The quantitative estimate of drug-likeness (QED) is 0.633. The van der Waals surface area contributed by atoms with Gasteiger partial charge in [-0.1, -0.05) is 18.2 Å². The highest BCUT2D eigenvalue weighted by Gasteiger charge is 2.18. The SMILES string of the molecule is CCn1nc(C(=O)NCCS(=O)(=O)c2ccc(F)cc2)c2ccccc2c1=O. The lowest BCUT2D eigenvalue weighted by molar-refractivity contribution is 0.0950. The van der Waals surface area contributed by atoms with Gasteiger partial charge in [0.05, 0.1) is 16.0 Å². The molecule has 0 saturated carbocycles. The molecule has 0 saturated heterocycles. The highest BCUT2D eigenvalue weighted by molar-refractivity contribution is 7.91. The van der Waals surface area contributed by atoms with Crippen LogP contribution in [0.4, 0.5) is 4.39 Å². The summed E-state index contributed by atoms with van der Waals surface area (Å²) in [5.41, 5.74) is -0.246. The Morgan fingerprint density at radius 3 is 2.39 bits per heavy atom. The molecule has 0 spiro atoms. The van der Waals surface area contributed by atoms with Gasteiger partial charge in [-0.15, -0.1) is 0 Å². The molecule has 1 amide bonds. The standard InChI is InChI=1S/C19H18FN3O4S/c1-2-23-19(25)16-6-4-3-5-15(16)17(22-23)18(24)21-11-12-28(26,27)14-9-7-13(20)8-10-14/h3-10H,2,11-12H2,1H3,(H,21,24). The van der Waals surface area contributed by atoms with Crippen molar-refractivity contribution in [2.24, 2.45) is 0 Å². The molecule has 3 rings (SSSR count). The van der Waals surface area contributed by atoms with Gasteiger partial charge in [-0.25, -0.2) is 17.5 Å². The van der Waals surface area contributed by atoms with Gasteiger partial charge in [0.1, 0.15) is 5.82 Å². The molecule has 28 heavy (non-hydrogen) atoms. The molecule has 3 aromatic rings. The van der Waals surface area contributed by atoms with Crippen molar-refractivity contribution >= 4 is 26.5 Å². The first kappa shape index (κ1) is 19.7. The molecule has 0 unspecified atom stereocenters. The minimum absolute atomic E-state index is 0.0220. The van der Waals surface area contributed by atoms with Gasteiger partial charge in [0, 0.05) is 18.5 Å². The number of nitrogens with one attached hydrogen (secondary N) is 1. The Balaban J connectivity index is 1.80. The van der Waals surface area contributed by atoms with Crippen LogP contribution >= 0.6 is 0 Å². The molecule has 0 radical (unpaired) electrons. The van der Waals surface area contributed by atoms with Crippen LogP contribution in [0.1, 0.15) is 17.4 Å². The first-order valence-corrected chi connectivity index (χ1v) is 10.2. The van der Waals surface area contributed by atoms with E-state index >= 15 is 0 Å². The summed E-state index contributed by atoms with van der Waals surface area (Å²) in [5.74, 6) is -1.46. The van der Waals surface area contributed by atoms with Gasteiger partial charge in [0.15, 0.2) is 15.5 Å². The molecule has 0 fully saturated rings. The first-order chi connectivity index (χ1) is 13.3. The fourth-order valence-electron chi connectivity index (χ4n) is 2.76. The number of carbonyl (C=O) groups excluding carboxylic acids is 1. The summed E-state index contributed by atoms with van der Waals surface area (Å²) in [6.45, 7) is 1.88. The number of aromatic nitrogens is 2. The number of fused-ring (bicyclic) bond motifs is 1. The second-order valence-corrected chi connectivity index (χ2v) is 8.15. The number of rotatable bonds is 6. The van der Waals surface area contributed by atoms with Gasteiger partial charge in [-0.3, -0.25) is 9.59 Å². The second kappa shape index (κ2) is 7.89. The molecule has 1 aromatic heterocycles. The summed E-state index contributed by atoms with van der Waals surface area (Å²) in [6.07, 6.45) is 0. The highest BCUT2D eigenvalue weighted by Crippen LogP contribution is 2.14. The van der Waals surface area contributed by atoms with E-state index < -0.39 is 21.6 Å². The van der Waals surface area contributed by atoms with Crippen molar-refractivity contribution in [2.75, 3.05) is 12.3 Å². The smallest absolute Gasteiger partial charge is 0.274 e. The minimum Gasteiger partial charge on any atom is -0.350 e. The predicted octanol–water partition coefficient (Wildman–Crippen LogP) is 1.76. The average Bonchev–Trinajstić information content (AvgIpc) is 2.68. The maximum Gasteiger partial charge on any atom is 0.274 e. The molecule has 1 heterocycles. The summed E-state index contributed by atoms with van der Waals surface area (Å²) in [7, 11) is -3.67. The molecule has 1 N–H and O–H groups in total. The summed E-state index contributed by atoms with van der Waals surface area (Å²) in [6, 6.07) is 11.1. The van der Waals surface area contributed by atoms with E-state index in [1.807, 2.05) is 0 Å². The second-order valence-electron chi connectivity index (χ2n) is 6.04. The molecule has 2 aromatic carbocycles. The van der Waals surface area contributed by atoms with E-state index in [9.17, 15) is 22.4 Å². The number of carbonyl (C=O) groups is 1. The number of sulfone groups is 1. The Kier molecular flexibility index (Phi) is 5.55. The minimum atomic E-state index is -3.67. The van der Waals surface area contributed by atoms with Crippen LogP contribution in [0.2, 0.25) is 0 Å². The van der Waals surface area contributed by atoms with E-state index in [0.717, 1.165) is 12.1 Å². The normalized spacial score (nSPS) is 11.5. The molecule has 0 atom stereocenters. The van der Waals surface area contributed by atoms with E-state index in [1.165, 1.54) is 16.8 Å². The van der Waals surface area contributed by atoms with Crippen LogP contribution in [0, 0.1) is 5.82 Å². The van der Waals surface area contributed by atoms with Crippen LogP contribution in [-0.4, -0.2) is 36.4 Å². The van der Waals surface area contributed by atoms with Crippen LogP contribution in [0.15, 0.2) is 58.2 Å². The van der Waals surface area contributed by atoms with Crippen molar-refractivity contribution in [3.05, 3.63) is 70.4 Å². The van der Waals surface area contributed by atoms with E-state index in [1.54, 1.807) is 31.2 Å². The van der Waals surface area contributed by atoms with Gasteiger partial charge in [-0.05, 0) is 37.3 Å². The summed E-state index contributed by atoms with van der Waals surface area (Å²) in [4.78, 5) is 24.9. The van der Waals surface area contributed by atoms with E-state index in [-0.39, 0.29) is 28.4 Å². The molecule has 0 aliphatic heterocycles. The lowest BCUT2D eigenvalue weighted by Crippen LogP contribution is -2.33. The zero-order chi connectivity index (χ0) is 20.3. The number of hydrogen-bond acceptors (Lipinski definition) is 5. The molecule has 9 heteroatoms. The number of amides is 1. The fourth-order valence-corrected chi connectivity index (χ4v) is 3.92. The number of halogens is 1. The van der Waals surface area contributed by atoms with Gasteiger partial charge in [-0.2, -0.15) is 5.10 Å². The molecule has 7 nitrogen and oxygen atoms in total. The van der Waals surface area contributed by atoms with Crippen molar-refractivity contribution in [1.29, 1.82) is 0 Å². The maximum absolute atomic E-state index is 13.0. The van der Waals surface area contributed by atoms with Crippen molar-refractivity contribution in [2.45, 2.75) is 18.4 Å². The number of benzene rings is 2. The lowest BCUT2D eigenvalue weighted by Gasteiger charge is -2.10. The zero-order valence-electron chi connectivity index (χ0n) is 15.1. The van der Waals surface area contributed by atoms with Crippen LogP contribution < -0.4 is 10.9 Å². The van der Waals surface area contributed by atoms with E-state index in [4.69, 9.17) is 0 Å². The zero-order valence-corrected chi connectivity index (χ0v) is 15.9. The van der Waals surface area contributed by atoms with E-state index in [2.05, 4.69) is 10.4 Å². The Bertz CT molecular complexity index is 1190. The molecular formula is C19H18FN3O4S. The Morgan fingerprint density at radius 2 is 1.75 bits per heavy atom. The molecule has 0 aliphatic rings. The molecule has 0 aliphatic carbocycles. The Hall–Kier alpha value is -3.07. The third-order valence-electron chi connectivity index (χ3n) is 4.21. The van der Waals surface area contributed by atoms with Gasteiger partial charge < -0.3 is 5.32 Å². The maximum atomic E-state index is 13.0. The van der Waals surface area contributed by atoms with Gasteiger partial charge in [0.25, 0.3) is 11.5 Å². The largest absolute Gasteiger partial charge is 0.350 e. The predicted molar refractivity (Wildman–Crippen MR) is 102 cm³/mol. The van der Waals surface area contributed by atoms with Crippen molar-refractivity contribution in [3.63, 3.8) is 0 Å². The Labute approximate surface area is 160 Å². The Morgan fingerprint density at radius 1 is 1.11 bits per heavy atom. The van der Waals surface area contributed by atoms with Crippen LogP contribution in [0.3, 0.4) is 0 Å². The van der Waals surface area contributed by atoms with Crippen LogP contribution in [-0.2, 0) is 16.4 Å². The molecule has 146 valence electrons. The van der Waals surface area contributed by atoms with Crippen LogP contribution in [0.5, 0.6) is 0 Å². The third-order valence-corrected chi connectivity index (χ3v) is 5.94. The number of aryl methyl sites for hydroxylation is 1. The monoisotopic (exact) mass is 403 g/mol. The van der Waals surface area contributed by atoms with Gasteiger partial charge >= 0.3 is 0 Å². The number of hydrogen-bond donors (Lipinski definition) is 1. The topological polar surface area (TPSA) is 98.1 Å². The van der Waals surface area contributed by atoms with Gasteiger partial charge in [0.2, 0.25) is 0 Å². The summed E-state index contributed by atoms with van der Waals surface area (Å²) < 4.78 is 38.7. The summed E-state index contributed by atoms with van der Waals surface area (Å²) in [5, 5.41) is 7.40. The highest BCUT2D eigenvalue weighted by atomic mass is 32.2. The van der Waals surface area contributed by atoms with Crippen molar-refractivity contribution < 1.29 is 17.6 Å². The van der Waals surface area contributed by atoms with Crippen molar-refractivity contribution in [3.8, 4) is 0 Å². The molecule has 0 bridgehead atoms. The number of nitrogens with zero attached hydrogens (tertiary/aromatic N) is 2. The average molecular weight is 403 g/mol. The van der Waals surface area contributed by atoms with Crippen molar-refractivity contribution in [1.82, 2.24) is 15.1 Å². The summed E-state index contributed by atoms with van der Waals surface area (Å²) >= 11 is 0. The lowest BCUT2D eigenvalue weighted by atomic mass is 10.1. The molecular weight excluding hydrogens is 385 g/mol. The van der Waals surface area contributed by atoms with Crippen LogP contribution in [0.25, 0.3) is 10.8 Å². The fraction of sp³-hybridized carbons (Fsp3) is 0.211. The first-order valence-electron chi connectivity index (χ1n) is 8.60. The van der Waals surface area contributed by atoms with E-state index in [0.29, 0.717) is 17.3 Å².